The van der Waals surface area contributed by atoms with Crippen molar-refractivity contribution in [1.29, 1.82) is 0 Å². The minimum Gasteiger partial charge on any atom is -0.438 e. The van der Waals surface area contributed by atoms with E-state index in [0.29, 0.717) is 5.75 Å². The summed E-state index contributed by atoms with van der Waals surface area (Å²) in [5.41, 5.74) is 9.98. The van der Waals surface area contributed by atoms with Crippen LogP contribution in [-0.4, -0.2) is 85.1 Å². The Kier molecular flexibility index (Phi) is 8.83. The molecule has 0 spiro atoms. The van der Waals surface area contributed by atoms with E-state index in [1.165, 1.54) is 17.5 Å². The molecule has 2 aliphatic rings. The van der Waals surface area contributed by atoms with Gasteiger partial charge in [-0.25, -0.2) is 9.37 Å². The number of nitrogens with two attached hydrogens (primary N) is 1. The van der Waals surface area contributed by atoms with Crippen LogP contribution in [0.5, 0.6) is 11.6 Å². The molecule has 0 aliphatic carbocycles. The molecule has 39 heavy (non-hydrogen) atoms. The molecule has 2 aromatic carbocycles. The van der Waals surface area contributed by atoms with Crippen LogP contribution in [0.2, 0.25) is 0 Å². The van der Waals surface area contributed by atoms with Crippen LogP contribution in [0.25, 0.3) is 11.1 Å². The van der Waals surface area contributed by atoms with Crippen molar-refractivity contribution in [3.63, 3.8) is 0 Å². The fourth-order valence-corrected chi connectivity index (χ4v) is 5.20. The lowest BCUT2D eigenvalue weighted by molar-refractivity contribution is 0.0342. The number of halogens is 1. The molecule has 206 valence electrons. The maximum Gasteiger partial charge on any atom is 0.254 e. The summed E-state index contributed by atoms with van der Waals surface area (Å²) in [6.07, 6.45) is 2.19. The second-order valence-electron chi connectivity index (χ2n) is 10.3. The van der Waals surface area contributed by atoms with Gasteiger partial charge in [0, 0.05) is 39.3 Å². The number of likely N-dealkylation sites (N-methyl/N-ethyl adjacent to an activating group) is 1. The number of morpholine rings is 1. The first-order chi connectivity index (χ1) is 18.9. The molecule has 0 unspecified atom stereocenters. The van der Waals surface area contributed by atoms with Crippen molar-refractivity contribution in [3.05, 3.63) is 77.2 Å². The Morgan fingerprint density at radius 1 is 1.00 bits per heavy atom. The molecule has 9 heteroatoms. The lowest BCUT2D eigenvalue weighted by Crippen LogP contribution is -2.35. The van der Waals surface area contributed by atoms with Crippen LogP contribution in [0.15, 0.2) is 54.7 Å². The summed E-state index contributed by atoms with van der Waals surface area (Å²) < 4.78 is 25.1. The van der Waals surface area contributed by atoms with Crippen LogP contribution in [0.1, 0.15) is 27.9 Å². The van der Waals surface area contributed by atoms with Crippen molar-refractivity contribution in [2.75, 3.05) is 59.5 Å². The predicted molar refractivity (Wildman–Crippen MR) is 148 cm³/mol. The molecule has 3 heterocycles. The second kappa shape index (κ2) is 12.7. The summed E-state index contributed by atoms with van der Waals surface area (Å²) >= 11 is 0. The third-order valence-corrected chi connectivity index (χ3v) is 7.33. The molecule has 2 aliphatic heterocycles. The fourth-order valence-electron chi connectivity index (χ4n) is 5.20. The van der Waals surface area contributed by atoms with E-state index in [1.807, 2.05) is 18.2 Å². The minimum absolute atomic E-state index is 0.0203. The second-order valence-corrected chi connectivity index (χ2v) is 10.3. The zero-order chi connectivity index (χ0) is 27.2. The molecule has 0 bridgehead atoms. The van der Waals surface area contributed by atoms with Crippen LogP contribution < -0.4 is 10.5 Å². The smallest absolute Gasteiger partial charge is 0.254 e. The maximum atomic E-state index is 13.6. The molecule has 2 fully saturated rings. The van der Waals surface area contributed by atoms with Gasteiger partial charge in [-0.05, 0) is 67.0 Å². The SMILES string of the molecule is CN1CCCN(Cc2ccc(-c3cccc(Oc4ncc(F)cc4C(N)=O)c3)c(CN3CCOCC3)c2)CC1. The third-order valence-electron chi connectivity index (χ3n) is 7.33. The first kappa shape index (κ1) is 27.2. The van der Waals surface area contributed by atoms with E-state index in [4.69, 9.17) is 15.2 Å². The number of aromatic nitrogens is 1. The van der Waals surface area contributed by atoms with Gasteiger partial charge in [0.2, 0.25) is 5.88 Å². The van der Waals surface area contributed by atoms with Crippen LogP contribution in [0.4, 0.5) is 4.39 Å². The number of hydrogen-bond donors (Lipinski definition) is 1. The Morgan fingerprint density at radius 3 is 2.64 bits per heavy atom. The quantitative estimate of drug-likeness (QED) is 0.472. The van der Waals surface area contributed by atoms with Gasteiger partial charge in [-0.3, -0.25) is 14.6 Å². The van der Waals surface area contributed by atoms with Gasteiger partial charge >= 0.3 is 0 Å². The van der Waals surface area contributed by atoms with Crippen molar-refractivity contribution in [2.24, 2.45) is 5.73 Å². The van der Waals surface area contributed by atoms with Gasteiger partial charge in [0.1, 0.15) is 17.1 Å². The number of carbonyl (C=O) groups excluding carboxylic acids is 1. The first-order valence-electron chi connectivity index (χ1n) is 13.5. The Bertz CT molecular complexity index is 1300. The molecule has 8 nitrogen and oxygen atoms in total. The minimum atomic E-state index is -0.799. The van der Waals surface area contributed by atoms with Crippen molar-refractivity contribution in [3.8, 4) is 22.8 Å². The predicted octanol–water partition coefficient (Wildman–Crippen LogP) is 3.75. The Labute approximate surface area is 229 Å². The molecule has 2 N–H and O–H groups in total. The van der Waals surface area contributed by atoms with E-state index >= 15 is 0 Å². The highest BCUT2D eigenvalue weighted by atomic mass is 19.1. The van der Waals surface area contributed by atoms with Gasteiger partial charge < -0.3 is 20.1 Å². The maximum absolute atomic E-state index is 13.6. The molecular formula is C30H36FN5O3. The number of nitrogens with zero attached hydrogens (tertiary/aromatic N) is 4. The van der Waals surface area contributed by atoms with E-state index in [-0.39, 0.29) is 11.4 Å². The van der Waals surface area contributed by atoms with E-state index in [1.54, 1.807) is 6.07 Å². The molecule has 0 saturated carbocycles. The summed E-state index contributed by atoms with van der Waals surface area (Å²) in [5, 5.41) is 0. The van der Waals surface area contributed by atoms with Crippen molar-refractivity contribution in [1.82, 2.24) is 19.7 Å². The summed E-state index contributed by atoms with van der Waals surface area (Å²) in [5.74, 6) is -0.977. The van der Waals surface area contributed by atoms with E-state index in [2.05, 4.69) is 44.9 Å². The number of benzene rings is 2. The molecule has 1 aromatic heterocycles. The van der Waals surface area contributed by atoms with Gasteiger partial charge in [-0.2, -0.15) is 0 Å². The standard InChI is InChI=1S/C30H36FN5O3/c1-34-8-3-9-35(11-10-34)20-22-6-7-27(24(16-22)21-36-12-14-38-15-13-36)23-4-2-5-26(17-23)39-30-28(29(32)37)18-25(31)19-33-30/h2,4-7,16-19H,3,8-15,20-21H2,1H3,(H2,32,37). The Hall–Kier alpha value is -3.37. The normalized spacial score (nSPS) is 17.6. The van der Waals surface area contributed by atoms with E-state index in [0.717, 1.165) is 89.0 Å². The van der Waals surface area contributed by atoms with Crippen molar-refractivity contribution >= 4 is 5.91 Å². The zero-order valence-corrected chi connectivity index (χ0v) is 22.4. The number of pyridine rings is 1. The van der Waals surface area contributed by atoms with Crippen molar-refractivity contribution in [2.45, 2.75) is 19.5 Å². The van der Waals surface area contributed by atoms with Gasteiger partial charge in [0.25, 0.3) is 5.91 Å². The number of amides is 1. The summed E-state index contributed by atoms with van der Waals surface area (Å²) in [4.78, 5) is 23.1. The highest BCUT2D eigenvalue weighted by Gasteiger charge is 2.18. The molecule has 3 aromatic rings. The van der Waals surface area contributed by atoms with Crippen molar-refractivity contribution < 1.29 is 18.7 Å². The highest BCUT2D eigenvalue weighted by molar-refractivity contribution is 5.95. The Morgan fingerprint density at radius 2 is 1.82 bits per heavy atom. The summed E-state index contributed by atoms with van der Waals surface area (Å²) in [7, 11) is 2.19. The average molecular weight is 534 g/mol. The number of hydrogen-bond acceptors (Lipinski definition) is 7. The molecule has 2 saturated heterocycles. The molecule has 0 atom stereocenters. The number of rotatable bonds is 8. The van der Waals surface area contributed by atoms with Crippen LogP contribution in [0.3, 0.4) is 0 Å². The molecule has 0 radical (unpaired) electrons. The van der Waals surface area contributed by atoms with Gasteiger partial charge in [-0.1, -0.05) is 30.3 Å². The molecule has 1 amide bonds. The number of primary amides is 1. The Balaban J connectivity index is 1.42. The fraction of sp³-hybridized carbons (Fsp3) is 0.400. The summed E-state index contributed by atoms with van der Waals surface area (Å²) in [6, 6.07) is 15.4. The summed E-state index contributed by atoms with van der Waals surface area (Å²) in [6.45, 7) is 9.45. The first-order valence-corrected chi connectivity index (χ1v) is 13.5. The third kappa shape index (κ3) is 7.19. The van der Waals surface area contributed by atoms with Crippen LogP contribution in [0, 0.1) is 5.82 Å². The van der Waals surface area contributed by atoms with Gasteiger partial charge in [0.15, 0.2) is 0 Å². The van der Waals surface area contributed by atoms with Crippen LogP contribution in [-0.2, 0) is 17.8 Å². The monoisotopic (exact) mass is 533 g/mol. The van der Waals surface area contributed by atoms with Gasteiger partial charge in [0.05, 0.1) is 19.4 Å². The zero-order valence-electron chi connectivity index (χ0n) is 22.4. The topological polar surface area (TPSA) is 84.2 Å². The lowest BCUT2D eigenvalue weighted by atomic mass is 9.96. The lowest BCUT2D eigenvalue weighted by Gasteiger charge is -2.28. The average Bonchev–Trinajstić information content (AvgIpc) is 3.14. The van der Waals surface area contributed by atoms with Gasteiger partial charge in [-0.15, -0.1) is 0 Å². The largest absolute Gasteiger partial charge is 0.438 e. The van der Waals surface area contributed by atoms with E-state index in [9.17, 15) is 9.18 Å². The number of carbonyl (C=O) groups is 1. The molecule has 5 rings (SSSR count). The number of ether oxygens (including phenoxy) is 2. The van der Waals surface area contributed by atoms with Crippen LogP contribution >= 0.6 is 0 Å². The van der Waals surface area contributed by atoms with E-state index < -0.39 is 11.7 Å². The molecular weight excluding hydrogens is 497 g/mol. The highest BCUT2D eigenvalue weighted by Crippen LogP contribution is 2.32.